The third kappa shape index (κ3) is 3.86. The molecule has 3 fully saturated rings. The summed E-state index contributed by atoms with van der Waals surface area (Å²) in [6, 6.07) is 21.6. The summed E-state index contributed by atoms with van der Waals surface area (Å²) in [5, 5.41) is 44.4. The van der Waals surface area contributed by atoms with Gasteiger partial charge in [0.25, 0.3) is 0 Å². The summed E-state index contributed by atoms with van der Waals surface area (Å²) >= 11 is 0. The first-order valence-electron chi connectivity index (χ1n) is 16.9. The molecule has 0 saturated heterocycles. The van der Waals surface area contributed by atoms with Gasteiger partial charge in [0.15, 0.2) is 0 Å². The van der Waals surface area contributed by atoms with Gasteiger partial charge in [-0.1, -0.05) is 62.4 Å². The maximum absolute atomic E-state index is 12.0. The SMILES string of the molecule is CC1CCC2(CC1)Nc1cccc3ccc(C4C(O)C(c5ccc6cccc7c6c5NC5(CCC(C)CC5)N7)C4O)c(c13)N2. The van der Waals surface area contributed by atoms with E-state index < -0.39 is 12.2 Å². The highest BCUT2D eigenvalue weighted by molar-refractivity contribution is 6.08. The Hall–Kier alpha value is -3.48. The second-order valence-electron chi connectivity index (χ2n) is 14.9. The van der Waals surface area contributed by atoms with Crippen molar-refractivity contribution < 1.29 is 10.2 Å². The minimum Gasteiger partial charge on any atom is -0.392 e. The van der Waals surface area contributed by atoms with Crippen molar-refractivity contribution in [3.63, 3.8) is 0 Å². The highest BCUT2D eigenvalue weighted by Gasteiger charge is 2.53. The Labute approximate surface area is 259 Å². The van der Waals surface area contributed by atoms with Gasteiger partial charge in [0.2, 0.25) is 0 Å². The smallest absolute Gasteiger partial charge is 0.108 e. The molecule has 0 bridgehead atoms. The van der Waals surface area contributed by atoms with Gasteiger partial charge >= 0.3 is 0 Å². The van der Waals surface area contributed by atoms with E-state index in [1.807, 2.05) is 0 Å². The first-order valence-corrected chi connectivity index (χ1v) is 16.9. The summed E-state index contributed by atoms with van der Waals surface area (Å²) in [5.74, 6) is 0.747. The van der Waals surface area contributed by atoms with Gasteiger partial charge in [-0.3, -0.25) is 0 Å². The second kappa shape index (κ2) is 9.51. The van der Waals surface area contributed by atoms with E-state index in [1.165, 1.54) is 47.2 Å². The largest absolute Gasteiger partial charge is 0.392 e. The lowest BCUT2D eigenvalue weighted by Crippen LogP contribution is -2.54. The molecule has 3 saturated carbocycles. The summed E-state index contributed by atoms with van der Waals surface area (Å²) < 4.78 is 0. The van der Waals surface area contributed by atoms with Crippen molar-refractivity contribution in [2.45, 2.75) is 101 Å². The molecular formula is C38H44N4O2. The summed E-state index contributed by atoms with van der Waals surface area (Å²) in [4.78, 5) is 0. The number of benzene rings is 4. The molecule has 0 aromatic heterocycles. The summed E-state index contributed by atoms with van der Waals surface area (Å²) in [7, 11) is 0. The Kier molecular flexibility index (Phi) is 5.81. The topological polar surface area (TPSA) is 88.6 Å². The predicted octanol–water partition coefficient (Wildman–Crippen LogP) is 8.08. The highest BCUT2D eigenvalue weighted by atomic mass is 16.3. The average Bonchev–Trinajstić information content (AvgIpc) is 3.03. The molecule has 44 heavy (non-hydrogen) atoms. The number of anilines is 4. The summed E-state index contributed by atoms with van der Waals surface area (Å²) in [6.45, 7) is 4.70. The van der Waals surface area contributed by atoms with Gasteiger partial charge in [0.05, 0.1) is 12.2 Å². The van der Waals surface area contributed by atoms with Crippen LogP contribution in [0.1, 0.15) is 88.2 Å². The lowest BCUT2D eigenvalue weighted by atomic mass is 9.62. The van der Waals surface area contributed by atoms with Crippen LogP contribution in [0.3, 0.4) is 0 Å². The monoisotopic (exact) mass is 588 g/mol. The van der Waals surface area contributed by atoms with Crippen molar-refractivity contribution >= 4 is 44.3 Å². The number of nitrogens with one attached hydrogen (secondary N) is 4. The minimum atomic E-state index is -0.690. The van der Waals surface area contributed by atoms with Crippen LogP contribution < -0.4 is 21.3 Å². The zero-order valence-electron chi connectivity index (χ0n) is 25.8. The van der Waals surface area contributed by atoms with Crippen molar-refractivity contribution in [3.8, 4) is 0 Å². The Bertz CT molecular complexity index is 1650. The van der Waals surface area contributed by atoms with E-state index >= 15 is 0 Å². The van der Waals surface area contributed by atoms with Crippen LogP contribution in [0.5, 0.6) is 0 Å². The van der Waals surface area contributed by atoms with Crippen molar-refractivity contribution in [3.05, 3.63) is 71.8 Å². The maximum Gasteiger partial charge on any atom is 0.108 e. The Morgan fingerprint density at radius 3 is 1.36 bits per heavy atom. The van der Waals surface area contributed by atoms with Crippen molar-refractivity contribution in [1.82, 2.24) is 0 Å². The molecule has 3 aliphatic carbocycles. The number of aliphatic hydroxyl groups excluding tert-OH is 2. The normalized spacial score (nSPS) is 35.5. The van der Waals surface area contributed by atoms with Crippen molar-refractivity contribution in [1.29, 1.82) is 0 Å². The number of rotatable bonds is 2. The first-order chi connectivity index (χ1) is 21.3. The van der Waals surface area contributed by atoms with Crippen LogP contribution in [-0.4, -0.2) is 33.7 Å². The minimum absolute atomic E-state index is 0.190. The molecule has 6 heteroatoms. The molecule has 0 unspecified atom stereocenters. The highest BCUT2D eigenvalue weighted by Crippen LogP contribution is 2.56. The van der Waals surface area contributed by atoms with Crippen LogP contribution in [0, 0.1) is 11.8 Å². The van der Waals surface area contributed by atoms with Crippen LogP contribution in [0.4, 0.5) is 22.7 Å². The van der Waals surface area contributed by atoms with E-state index in [0.29, 0.717) is 0 Å². The molecule has 9 rings (SSSR count). The molecule has 2 aliphatic heterocycles. The van der Waals surface area contributed by atoms with Crippen LogP contribution in [-0.2, 0) is 0 Å². The molecule has 228 valence electrons. The second-order valence-corrected chi connectivity index (χ2v) is 14.9. The van der Waals surface area contributed by atoms with E-state index in [1.54, 1.807) is 0 Å². The summed E-state index contributed by atoms with van der Waals surface area (Å²) in [6.07, 6.45) is 7.56. The van der Waals surface area contributed by atoms with Crippen molar-refractivity contribution in [2.75, 3.05) is 21.3 Å². The summed E-state index contributed by atoms with van der Waals surface area (Å²) in [5.41, 5.74) is 6.17. The Morgan fingerprint density at radius 1 is 0.545 bits per heavy atom. The van der Waals surface area contributed by atoms with Crippen LogP contribution in [0.25, 0.3) is 21.5 Å². The Morgan fingerprint density at radius 2 is 0.955 bits per heavy atom. The molecule has 5 aliphatic rings. The maximum atomic E-state index is 12.0. The van der Waals surface area contributed by atoms with Crippen LogP contribution in [0.15, 0.2) is 60.7 Å². The molecule has 0 atom stereocenters. The zero-order chi connectivity index (χ0) is 29.8. The molecule has 0 amide bonds. The number of hydrogen-bond donors (Lipinski definition) is 6. The quantitative estimate of drug-likeness (QED) is 0.142. The fourth-order valence-corrected chi connectivity index (χ4v) is 9.33. The van der Waals surface area contributed by atoms with Gasteiger partial charge in [-0.05, 0) is 97.2 Å². The third-order valence-corrected chi connectivity index (χ3v) is 12.1. The zero-order valence-corrected chi connectivity index (χ0v) is 25.8. The van der Waals surface area contributed by atoms with Gasteiger partial charge in [-0.15, -0.1) is 0 Å². The van der Waals surface area contributed by atoms with Crippen LogP contribution >= 0.6 is 0 Å². The van der Waals surface area contributed by atoms with E-state index in [-0.39, 0.29) is 23.2 Å². The number of aliphatic hydroxyl groups is 2. The van der Waals surface area contributed by atoms with E-state index in [4.69, 9.17) is 0 Å². The fraction of sp³-hybridized carbons (Fsp3) is 0.474. The van der Waals surface area contributed by atoms with Gasteiger partial charge < -0.3 is 31.5 Å². The van der Waals surface area contributed by atoms with Gasteiger partial charge in [0.1, 0.15) is 11.3 Å². The fourth-order valence-electron chi connectivity index (χ4n) is 9.33. The van der Waals surface area contributed by atoms with Gasteiger partial charge in [-0.2, -0.15) is 0 Å². The average molecular weight is 589 g/mol. The predicted molar refractivity (Wildman–Crippen MR) is 181 cm³/mol. The lowest BCUT2D eigenvalue weighted by molar-refractivity contribution is -0.0780. The lowest BCUT2D eigenvalue weighted by Gasteiger charge is -2.51. The Balaban J connectivity index is 1.10. The number of hydrogen-bond acceptors (Lipinski definition) is 6. The third-order valence-electron chi connectivity index (χ3n) is 12.1. The van der Waals surface area contributed by atoms with Crippen molar-refractivity contribution in [2.24, 2.45) is 11.8 Å². The molecule has 0 radical (unpaired) electrons. The first kappa shape index (κ1) is 26.9. The molecule has 6 N–H and O–H groups in total. The van der Waals surface area contributed by atoms with E-state index in [0.717, 1.165) is 71.4 Å². The van der Waals surface area contributed by atoms with E-state index in [2.05, 4.69) is 95.8 Å². The van der Waals surface area contributed by atoms with Crippen LogP contribution in [0.2, 0.25) is 0 Å². The molecule has 4 aromatic carbocycles. The molecule has 2 heterocycles. The molecular weight excluding hydrogens is 544 g/mol. The molecule has 2 spiro atoms. The van der Waals surface area contributed by atoms with Gasteiger partial charge in [0, 0.05) is 45.4 Å². The van der Waals surface area contributed by atoms with Gasteiger partial charge in [-0.25, -0.2) is 0 Å². The molecule has 4 aromatic rings. The molecule has 6 nitrogen and oxygen atoms in total. The van der Waals surface area contributed by atoms with E-state index in [9.17, 15) is 10.2 Å². The standard InChI is InChI=1S/C38H44N4O2/c1-21-13-17-37(18-14-21)39-27-7-3-5-23-9-11-25(33(41-37)29(23)27)31-35(43)32(36(31)44)26-12-10-24-6-4-8-28-30(24)34(26)42-38(40-28)19-15-22(2)16-20-38/h3-12,21-22,31-32,35-36,39-44H,13-20H2,1-2H3.